The Morgan fingerprint density at radius 3 is 2.71 bits per heavy atom. The fourth-order valence-corrected chi connectivity index (χ4v) is 2.13. The lowest BCUT2D eigenvalue weighted by Crippen LogP contribution is -2.47. The highest BCUT2D eigenvalue weighted by Crippen LogP contribution is 2.19. The van der Waals surface area contributed by atoms with Gasteiger partial charge >= 0.3 is 18.0 Å². The van der Waals surface area contributed by atoms with Gasteiger partial charge in [0.05, 0.1) is 13.5 Å². The summed E-state index contributed by atoms with van der Waals surface area (Å²) >= 11 is 0. The Balaban J connectivity index is 2.31. The SMILES string of the molecule is COC(=O)C[C@H](NC(=O)NCCC1=CCCCC1)C(=O)O. The molecule has 1 rings (SSSR count). The normalized spacial score (nSPS) is 15.6. The molecule has 1 atom stereocenters. The molecule has 3 N–H and O–H groups in total. The van der Waals surface area contributed by atoms with Crippen molar-refractivity contribution in [2.45, 2.75) is 44.6 Å². The summed E-state index contributed by atoms with van der Waals surface area (Å²) in [7, 11) is 1.17. The van der Waals surface area contributed by atoms with Crippen molar-refractivity contribution in [2.75, 3.05) is 13.7 Å². The molecule has 21 heavy (non-hydrogen) atoms. The van der Waals surface area contributed by atoms with Gasteiger partial charge in [-0.3, -0.25) is 4.79 Å². The van der Waals surface area contributed by atoms with E-state index < -0.39 is 30.4 Å². The van der Waals surface area contributed by atoms with Gasteiger partial charge in [0.2, 0.25) is 0 Å². The highest BCUT2D eigenvalue weighted by atomic mass is 16.5. The molecule has 0 aromatic carbocycles. The van der Waals surface area contributed by atoms with Crippen LogP contribution in [0.15, 0.2) is 11.6 Å². The number of ether oxygens (including phenoxy) is 1. The summed E-state index contributed by atoms with van der Waals surface area (Å²) in [5.74, 6) is -1.96. The topological polar surface area (TPSA) is 105 Å². The molecule has 0 unspecified atom stereocenters. The second-order valence-corrected chi connectivity index (χ2v) is 4.93. The van der Waals surface area contributed by atoms with Crippen molar-refractivity contribution in [1.82, 2.24) is 10.6 Å². The molecule has 0 fully saturated rings. The van der Waals surface area contributed by atoms with Crippen LogP contribution in [0.25, 0.3) is 0 Å². The smallest absolute Gasteiger partial charge is 0.326 e. The molecular formula is C14H22N2O5. The van der Waals surface area contributed by atoms with E-state index in [9.17, 15) is 14.4 Å². The molecule has 0 bridgehead atoms. The monoisotopic (exact) mass is 298 g/mol. The summed E-state index contributed by atoms with van der Waals surface area (Å²) in [5.41, 5.74) is 1.32. The first kappa shape index (κ1) is 17.0. The van der Waals surface area contributed by atoms with E-state index in [2.05, 4.69) is 21.4 Å². The van der Waals surface area contributed by atoms with Gasteiger partial charge in [-0.25, -0.2) is 9.59 Å². The van der Waals surface area contributed by atoms with Gasteiger partial charge in [-0.15, -0.1) is 0 Å². The van der Waals surface area contributed by atoms with Crippen molar-refractivity contribution in [1.29, 1.82) is 0 Å². The molecule has 0 aromatic rings. The van der Waals surface area contributed by atoms with Gasteiger partial charge < -0.3 is 20.5 Å². The Hall–Kier alpha value is -2.05. The van der Waals surface area contributed by atoms with Crippen LogP contribution in [0.3, 0.4) is 0 Å². The Kier molecular flexibility index (Phi) is 7.28. The maximum Gasteiger partial charge on any atom is 0.326 e. The number of carbonyl (C=O) groups is 3. The molecule has 118 valence electrons. The Morgan fingerprint density at radius 2 is 2.14 bits per heavy atom. The third-order valence-corrected chi connectivity index (χ3v) is 3.32. The highest BCUT2D eigenvalue weighted by molar-refractivity contribution is 5.86. The van der Waals surface area contributed by atoms with Crippen LogP contribution in [0, 0.1) is 0 Å². The number of carboxylic acid groups (broad SMARTS) is 1. The number of hydrogen-bond donors (Lipinski definition) is 3. The quantitative estimate of drug-likeness (QED) is 0.484. The summed E-state index contributed by atoms with van der Waals surface area (Å²) in [6, 6.07) is -1.88. The minimum Gasteiger partial charge on any atom is -0.480 e. The van der Waals surface area contributed by atoms with Crippen molar-refractivity contribution in [3.8, 4) is 0 Å². The van der Waals surface area contributed by atoms with Crippen LogP contribution in [0.2, 0.25) is 0 Å². The Labute approximate surface area is 123 Å². The zero-order valence-electron chi connectivity index (χ0n) is 12.2. The lowest BCUT2D eigenvalue weighted by atomic mass is 9.97. The van der Waals surface area contributed by atoms with Crippen LogP contribution in [0.1, 0.15) is 38.5 Å². The average molecular weight is 298 g/mol. The molecule has 0 aromatic heterocycles. The molecule has 1 aliphatic carbocycles. The fraction of sp³-hybridized carbons (Fsp3) is 0.643. The molecule has 0 heterocycles. The number of rotatable bonds is 7. The van der Waals surface area contributed by atoms with Crippen molar-refractivity contribution >= 4 is 18.0 Å². The predicted octanol–water partition coefficient (Wildman–Crippen LogP) is 1.19. The predicted molar refractivity (Wildman–Crippen MR) is 75.8 cm³/mol. The van der Waals surface area contributed by atoms with Gasteiger partial charge in [0.25, 0.3) is 0 Å². The van der Waals surface area contributed by atoms with Gasteiger partial charge in [-0.1, -0.05) is 11.6 Å². The first-order valence-corrected chi connectivity index (χ1v) is 7.05. The van der Waals surface area contributed by atoms with Gasteiger partial charge in [-0.05, 0) is 32.1 Å². The molecule has 0 radical (unpaired) electrons. The molecule has 7 nitrogen and oxygen atoms in total. The number of carbonyl (C=O) groups excluding carboxylic acids is 2. The van der Waals surface area contributed by atoms with E-state index in [1.54, 1.807) is 0 Å². The second-order valence-electron chi connectivity index (χ2n) is 4.93. The number of amides is 2. The van der Waals surface area contributed by atoms with Crippen LogP contribution < -0.4 is 10.6 Å². The maximum absolute atomic E-state index is 11.6. The van der Waals surface area contributed by atoms with Gasteiger partial charge in [-0.2, -0.15) is 0 Å². The number of nitrogens with one attached hydrogen (secondary N) is 2. The Morgan fingerprint density at radius 1 is 1.38 bits per heavy atom. The summed E-state index contributed by atoms with van der Waals surface area (Å²) in [5, 5.41) is 13.8. The molecular weight excluding hydrogens is 276 g/mol. The molecule has 0 aliphatic heterocycles. The zero-order valence-corrected chi connectivity index (χ0v) is 12.2. The van der Waals surface area contributed by atoms with Crippen LogP contribution in [0.4, 0.5) is 4.79 Å². The molecule has 0 saturated heterocycles. The molecule has 7 heteroatoms. The minimum absolute atomic E-state index is 0.398. The molecule has 0 saturated carbocycles. The van der Waals surface area contributed by atoms with E-state index in [0.717, 1.165) is 19.3 Å². The lowest BCUT2D eigenvalue weighted by Gasteiger charge is -2.15. The van der Waals surface area contributed by atoms with Crippen LogP contribution >= 0.6 is 0 Å². The van der Waals surface area contributed by atoms with E-state index in [1.165, 1.54) is 25.5 Å². The summed E-state index contributed by atoms with van der Waals surface area (Å²) in [4.78, 5) is 33.6. The number of urea groups is 1. The number of hydrogen-bond acceptors (Lipinski definition) is 4. The molecule has 0 spiro atoms. The lowest BCUT2D eigenvalue weighted by molar-refractivity contribution is -0.147. The van der Waals surface area contributed by atoms with Gasteiger partial charge in [0, 0.05) is 6.54 Å². The van der Waals surface area contributed by atoms with Gasteiger partial charge in [0.1, 0.15) is 6.04 Å². The third kappa shape index (κ3) is 6.78. The van der Waals surface area contributed by atoms with E-state index in [-0.39, 0.29) is 0 Å². The zero-order chi connectivity index (χ0) is 15.7. The number of esters is 1. The number of carboxylic acids is 1. The molecule has 1 aliphatic rings. The van der Waals surface area contributed by atoms with Crippen molar-refractivity contribution in [3.63, 3.8) is 0 Å². The van der Waals surface area contributed by atoms with E-state index >= 15 is 0 Å². The third-order valence-electron chi connectivity index (χ3n) is 3.32. The fourth-order valence-electron chi connectivity index (χ4n) is 2.13. The van der Waals surface area contributed by atoms with Crippen LogP contribution in [-0.4, -0.2) is 42.8 Å². The number of allylic oxidation sites excluding steroid dienone is 1. The number of aliphatic carboxylic acids is 1. The maximum atomic E-state index is 11.6. The number of methoxy groups -OCH3 is 1. The summed E-state index contributed by atoms with van der Waals surface area (Å²) in [6.45, 7) is 0.447. The van der Waals surface area contributed by atoms with Crippen molar-refractivity contribution in [2.24, 2.45) is 0 Å². The summed E-state index contributed by atoms with van der Waals surface area (Å²) in [6.07, 6.45) is 7.10. The average Bonchev–Trinajstić information content (AvgIpc) is 2.47. The van der Waals surface area contributed by atoms with Crippen LogP contribution in [0.5, 0.6) is 0 Å². The van der Waals surface area contributed by atoms with E-state index in [4.69, 9.17) is 5.11 Å². The molecule has 2 amide bonds. The first-order valence-electron chi connectivity index (χ1n) is 7.05. The van der Waals surface area contributed by atoms with Crippen molar-refractivity contribution in [3.05, 3.63) is 11.6 Å². The van der Waals surface area contributed by atoms with Crippen LogP contribution in [-0.2, 0) is 14.3 Å². The largest absolute Gasteiger partial charge is 0.480 e. The van der Waals surface area contributed by atoms with Gasteiger partial charge in [0.15, 0.2) is 0 Å². The van der Waals surface area contributed by atoms with Crippen molar-refractivity contribution < 1.29 is 24.2 Å². The first-order chi connectivity index (χ1) is 10.0. The minimum atomic E-state index is -1.29. The van der Waals surface area contributed by atoms with E-state index in [1.807, 2.05) is 0 Å². The second kappa shape index (κ2) is 8.99. The Bertz CT molecular complexity index is 420. The summed E-state index contributed by atoms with van der Waals surface area (Å²) < 4.78 is 4.39. The highest BCUT2D eigenvalue weighted by Gasteiger charge is 2.23. The standard InChI is InChI=1S/C14H22N2O5/c1-21-12(17)9-11(13(18)19)16-14(20)15-8-7-10-5-3-2-4-6-10/h5,11H,2-4,6-9H2,1H3,(H,18,19)(H2,15,16,20)/t11-/m0/s1. The van der Waals surface area contributed by atoms with E-state index in [0.29, 0.717) is 6.54 Å².